The van der Waals surface area contributed by atoms with Crippen molar-refractivity contribution in [2.45, 2.75) is 25.5 Å². The fraction of sp³-hybridized carbons (Fsp3) is 0.412. The van der Waals surface area contributed by atoms with Gasteiger partial charge in [0.2, 0.25) is 0 Å². The second-order valence-corrected chi connectivity index (χ2v) is 5.81. The Bertz CT molecular complexity index is 635. The van der Waals surface area contributed by atoms with Gasteiger partial charge in [0.1, 0.15) is 0 Å². The standard InChI is InChI=1S/C17H22N4O2/c1-20(17(22)18-11-16-8-5-9-23-16)12-14-10-19-21(13-14)15-6-3-2-4-7-15/h2-4,6-7,10,13,16H,5,8-9,11-12H2,1H3,(H,18,22)/t16-/m0/s1. The van der Waals surface area contributed by atoms with Crippen LogP contribution in [0.3, 0.4) is 0 Å². The summed E-state index contributed by atoms with van der Waals surface area (Å²) in [6, 6.07) is 9.82. The number of urea groups is 1. The monoisotopic (exact) mass is 314 g/mol. The summed E-state index contributed by atoms with van der Waals surface area (Å²) in [4.78, 5) is 13.8. The van der Waals surface area contributed by atoms with Gasteiger partial charge in [0.05, 0.1) is 24.5 Å². The van der Waals surface area contributed by atoms with Crippen molar-refractivity contribution in [1.29, 1.82) is 0 Å². The Labute approximate surface area is 136 Å². The highest BCUT2D eigenvalue weighted by Crippen LogP contribution is 2.11. The van der Waals surface area contributed by atoms with E-state index in [0.717, 1.165) is 30.7 Å². The Balaban J connectivity index is 1.52. The molecular formula is C17H22N4O2. The average molecular weight is 314 g/mol. The van der Waals surface area contributed by atoms with Crippen LogP contribution in [0.5, 0.6) is 0 Å². The smallest absolute Gasteiger partial charge is 0.317 e. The number of carbonyl (C=O) groups is 1. The molecule has 2 heterocycles. The molecule has 0 aliphatic carbocycles. The minimum absolute atomic E-state index is 0.0899. The van der Waals surface area contributed by atoms with Gasteiger partial charge in [0, 0.05) is 32.0 Å². The van der Waals surface area contributed by atoms with Crippen molar-refractivity contribution >= 4 is 6.03 Å². The van der Waals surface area contributed by atoms with Gasteiger partial charge in [0.25, 0.3) is 0 Å². The molecule has 0 spiro atoms. The average Bonchev–Trinajstić information content (AvgIpc) is 3.25. The van der Waals surface area contributed by atoms with E-state index in [1.165, 1.54) is 0 Å². The molecule has 1 aromatic carbocycles. The summed E-state index contributed by atoms with van der Waals surface area (Å²) >= 11 is 0. The number of para-hydroxylation sites is 1. The number of carbonyl (C=O) groups excluding carboxylic acids is 1. The van der Waals surface area contributed by atoms with E-state index in [2.05, 4.69) is 10.4 Å². The lowest BCUT2D eigenvalue weighted by Crippen LogP contribution is -2.40. The molecule has 3 rings (SSSR count). The van der Waals surface area contributed by atoms with E-state index in [4.69, 9.17) is 4.74 Å². The van der Waals surface area contributed by atoms with Crippen LogP contribution in [-0.2, 0) is 11.3 Å². The molecule has 1 saturated heterocycles. The fourth-order valence-electron chi connectivity index (χ4n) is 2.65. The molecule has 122 valence electrons. The molecule has 0 saturated carbocycles. The number of ether oxygens (including phenoxy) is 1. The maximum Gasteiger partial charge on any atom is 0.317 e. The van der Waals surface area contributed by atoms with E-state index in [1.54, 1.807) is 18.1 Å². The zero-order valence-corrected chi connectivity index (χ0v) is 13.3. The van der Waals surface area contributed by atoms with Gasteiger partial charge in [0.15, 0.2) is 0 Å². The third-order valence-corrected chi connectivity index (χ3v) is 3.93. The summed E-state index contributed by atoms with van der Waals surface area (Å²) in [7, 11) is 1.78. The minimum atomic E-state index is -0.0899. The van der Waals surface area contributed by atoms with Crippen LogP contribution in [-0.4, -0.2) is 47.0 Å². The second kappa shape index (κ2) is 7.28. The Morgan fingerprint density at radius 3 is 3.00 bits per heavy atom. The molecule has 1 atom stereocenters. The number of rotatable bonds is 5. The largest absolute Gasteiger partial charge is 0.376 e. The van der Waals surface area contributed by atoms with Crippen molar-refractivity contribution in [2.75, 3.05) is 20.2 Å². The number of hydrogen-bond acceptors (Lipinski definition) is 3. The Kier molecular flexibility index (Phi) is 4.92. The SMILES string of the molecule is CN(Cc1cnn(-c2ccccc2)c1)C(=O)NC[C@@H]1CCCO1. The third-order valence-electron chi connectivity index (χ3n) is 3.93. The summed E-state index contributed by atoms with van der Waals surface area (Å²) in [6.07, 6.45) is 5.99. The molecule has 1 fully saturated rings. The molecule has 2 aromatic rings. The van der Waals surface area contributed by atoms with Gasteiger partial charge in [-0.15, -0.1) is 0 Å². The zero-order chi connectivity index (χ0) is 16.1. The van der Waals surface area contributed by atoms with Crippen molar-refractivity contribution in [1.82, 2.24) is 20.0 Å². The molecule has 6 heteroatoms. The van der Waals surface area contributed by atoms with E-state index in [0.29, 0.717) is 13.1 Å². The summed E-state index contributed by atoms with van der Waals surface area (Å²) in [5.74, 6) is 0. The van der Waals surface area contributed by atoms with E-state index in [-0.39, 0.29) is 12.1 Å². The predicted molar refractivity (Wildman–Crippen MR) is 87.4 cm³/mol. The highest BCUT2D eigenvalue weighted by Gasteiger charge is 2.17. The van der Waals surface area contributed by atoms with Gasteiger partial charge < -0.3 is 15.0 Å². The van der Waals surface area contributed by atoms with Crippen LogP contribution in [0.2, 0.25) is 0 Å². The van der Waals surface area contributed by atoms with Crippen molar-refractivity contribution in [3.8, 4) is 5.69 Å². The van der Waals surface area contributed by atoms with Gasteiger partial charge in [-0.2, -0.15) is 5.10 Å². The molecule has 1 N–H and O–H groups in total. The molecule has 2 amide bonds. The first-order chi connectivity index (χ1) is 11.2. The zero-order valence-electron chi connectivity index (χ0n) is 13.3. The summed E-state index contributed by atoms with van der Waals surface area (Å²) in [6.45, 7) is 1.89. The van der Waals surface area contributed by atoms with E-state index in [9.17, 15) is 4.79 Å². The van der Waals surface area contributed by atoms with Crippen LogP contribution in [0.1, 0.15) is 18.4 Å². The number of nitrogens with zero attached hydrogens (tertiary/aromatic N) is 3. The van der Waals surface area contributed by atoms with Crippen LogP contribution in [0.25, 0.3) is 5.69 Å². The van der Waals surface area contributed by atoms with Crippen LogP contribution < -0.4 is 5.32 Å². The molecule has 0 unspecified atom stereocenters. The number of benzene rings is 1. The third kappa shape index (κ3) is 4.10. The van der Waals surface area contributed by atoms with E-state index >= 15 is 0 Å². The van der Waals surface area contributed by atoms with Crippen LogP contribution >= 0.6 is 0 Å². The second-order valence-electron chi connectivity index (χ2n) is 5.81. The van der Waals surface area contributed by atoms with Crippen molar-refractivity contribution in [3.63, 3.8) is 0 Å². The maximum atomic E-state index is 12.1. The highest BCUT2D eigenvalue weighted by atomic mass is 16.5. The highest BCUT2D eigenvalue weighted by molar-refractivity contribution is 5.73. The number of nitrogens with one attached hydrogen (secondary N) is 1. The molecule has 0 radical (unpaired) electrons. The molecule has 1 aliphatic rings. The number of aromatic nitrogens is 2. The summed E-state index contributed by atoms with van der Waals surface area (Å²) in [5.41, 5.74) is 1.99. The molecule has 1 aromatic heterocycles. The number of hydrogen-bond donors (Lipinski definition) is 1. The van der Waals surface area contributed by atoms with E-state index < -0.39 is 0 Å². The van der Waals surface area contributed by atoms with Gasteiger partial charge in [-0.25, -0.2) is 9.48 Å². The first-order valence-electron chi connectivity index (χ1n) is 7.92. The van der Waals surface area contributed by atoms with Crippen LogP contribution in [0.15, 0.2) is 42.7 Å². The lowest BCUT2D eigenvalue weighted by molar-refractivity contribution is 0.109. The summed E-state index contributed by atoms with van der Waals surface area (Å²) in [5, 5.41) is 7.26. The first kappa shape index (κ1) is 15.6. The Morgan fingerprint density at radius 1 is 1.43 bits per heavy atom. The fourth-order valence-corrected chi connectivity index (χ4v) is 2.65. The number of amides is 2. The molecule has 1 aliphatic heterocycles. The Hall–Kier alpha value is -2.34. The minimum Gasteiger partial charge on any atom is -0.376 e. The normalized spacial score (nSPS) is 17.2. The van der Waals surface area contributed by atoms with Gasteiger partial charge in [-0.3, -0.25) is 0 Å². The van der Waals surface area contributed by atoms with Crippen LogP contribution in [0, 0.1) is 0 Å². The van der Waals surface area contributed by atoms with Crippen molar-refractivity contribution in [3.05, 3.63) is 48.3 Å². The quantitative estimate of drug-likeness (QED) is 0.920. The molecular weight excluding hydrogens is 292 g/mol. The van der Waals surface area contributed by atoms with Gasteiger partial charge in [-0.1, -0.05) is 18.2 Å². The molecule has 6 nitrogen and oxygen atoms in total. The maximum absolute atomic E-state index is 12.1. The van der Waals surface area contributed by atoms with Crippen LogP contribution in [0.4, 0.5) is 4.79 Å². The van der Waals surface area contributed by atoms with Crippen molar-refractivity contribution < 1.29 is 9.53 Å². The lowest BCUT2D eigenvalue weighted by atomic mass is 10.2. The lowest BCUT2D eigenvalue weighted by Gasteiger charge is -2.18. The molecule has 0 bridgehead atoms. The first-order valence-corrected chi connectivity index (χ1v) is 7.92. The Morgan fingerprint density at radius 2 is 2.26 bits per heavy atom. The molecule has 23 heavy (non-hydrogen) atoms. The van der Waals surface area contributed by atoms with Crippen molar-refractivity contribution in [2.24, 2.45) is 0 Å². The topological polar surface area (TPSA) is 59.4 Å². The predicted octanol–water partition coefficient (Wildman–Crippen LogP) is 2.19. The van der Waals surface area contributed by atoms with E-state index in [1.807, 2.05) is 41.2 Å². The summed E-state index contributed by atoms with van der Waals surface area (Å²) < 4.78 is 7.32. The van der Waals surface area contributed by atoms with Gasteiger partial charge >= 0.3 is 6.03 Å². The van der Waals surface area contributed by atoms with Gasteiger partial charge in [-0.05, 0) is 25.0 Å².